The molecule has 0 spiro atoms. The molecule has 6 heteroatoms. The summed E-state index contributed by atoms with van der Waals surface area (Å²) in [5.74, 6) is 1.89. The molecule has 1 aromatic heterocycles. The molecular formula is C17H31IN4O. The Balaban J connectivity index is 0.00000264. The first-order valence-corrected chi connectivity index (χ1v) is 8.25. The van der Waals surface area contributed by atoms with Crippen molar-refractivity contribution in [1.82, 2.24) is 15.5 Å². The van der Waals surface area contributed by atoms with Gasteiger partial charge in [-0.25, -0.2) is 0 Å². The zero-order chi connectivity index (χ0) is 15.8. The SMILES string of the molecule is CN=C(NCCc1ccco1)NCC1(CN(C)C)CCCC1.I. The van der Waals surface area contributed by atoms with Gasteiger partial charge in [-0.1, -0.05) is 12.8 Å². The Kier molecular flexibility index (Phi) is 8.98. The molecular weight excluding hydrogens is 403 g/mol. The molecule has 0 radical (unpaired) electrons. The van der Waals surface area contributed by atoms with Gasteiger partial charge in [-0.05, 0) is 39.1 Å². The first-order chi connectivity index (χ1) is 10.6. The van der Waals surface area contributed by atoms with Crippen molar-refractivity contribution >= 4 is 29.9 Å². The molecule has 23 heavy (non-hydrogen) atoms. The van der Waals surface area contributed by atoms with Crippen molar-refractivity contribution < 1.29 is 4.42 Å². The molecule has 1 heterocycles. The third-order valence-electron chi connectivity index (χ3n) is 4.41. The van der Waals surface area contributed by atoms with E-state index in [2.05, 4.69) is 34.6 Å². The van der Waals surface area contributed by atoms with E-state index in [1.165, 1.54) is 25.7 Å². The minimum absolute atomic E-state index is 0. The van der Waals surface area contributed by atoms with Gasteiger partial charge in [0.15, 0.2) is 5.96 Å². The summed E-state index contributed by atoms with van der Waals surface area (Å²) in [7, 11) is 6.16. The van der Waals surface area contributed by atoms with Crippen molar-refractivity contribution in [2.75, 3.05) is 40.8 Å². The minimum atomic E-state index is 0. The van der Waals surface area contributed by atoms with E-state index in [4.69, 9.17) is 4.42 Å². The van der Waals surface area contributed by atoms with Crippen LogP contribution in [0.15, 0.2) is 27.8 Å². The largest absolute Gasteiger partial charge is 0.469 e. The van der Waals surface area contributed by atoms with Gasteiger partial charge < -0.3 is 20.0 Å². The summed E-state index contributed by atoms with van der Waals surface area (Å²) < 4.78 is 5.34. The maximum atomic E-state index is 5.34. The van der Waals surface area contributed by atoms with E-state index in [1.807, 2.05) is 19.2 Å². The van der Waals surface area contributed by atoms with Crippen LogP contribution in [0, 0.1) is 5.41 Å². The van der Waals surface area contributed by atoms with Gasteiger partial charge in [0.05, 0.1) is 6.26 Å². The fourth-order valence-corrected chi connectivity index (χ4v) is 3.44. The lowest BCUT2D eigenvalue weighted by Gasteiger charge is -2.32. The standard InChI is InChI=1S/C17H30N4O.HI/c1-18-16(19-11-8-15-7-6-12-22-15)20-13-17(14-21(2)3)9-4-5-10-17;/h6-7,12H,4-5,8-11,13-14H2,1-3H3,(H2,18,19,20);1H. The molecule has 0 aromatic carbocycles. The van der Waals surface area contributed by atoms with Crippen molar-refractivity contribution in [3.8, 4) is 0 Å². The van der Waals surface area contributed by atoms with Gasteiger partial charge in [-0.2, -0.15) is 0 Å². The number of nitrogens with one attached hydrogen (secondary N) is 2. The highest BCUT2D eigenvalue weighted by Crippen LogP contribution is 2.37. The maximum Gasteiger partial charge on any atom is 0.191 e. The highest BCUT2D eigenvalue weighted by Gasteiger charge is 2.34. The van der Waals surface area contributed by atoms with Crippen LogP contribution in [-0.2, 0) is 6.42 Å². The fourth-order valence-electron chi connectivity index (χ4n) is 3.44. The maximum absolute atomic E-state index is 5.34. The van der Waals surface area contributed by atoms with Crippen LogP contribution >= 0.6 is 24.0 Å². The molecule has 132 valence electrons. The Morgan fingerprint density at radius 2 is 2.04 bits per heavy atom. The summed E-state index contributed by atoms with van der Waals surface area (Å²) >= 11 is 0. The van der Waals surface area contributed by atoms with Crippen LogP contribution in [0.25, 0.3) is 0 Å². The average molecular weight is 434 g/mol. The number of guanidine groups is 1. The van der Waals surface area contributed by atoms with Crippen LogP contribution in [0.2, 0.25) is 0 Å². The Morgan fingerprint density at radius 1 is 1.30 bits per heavy atom. The van der Waals surface area contributed by atoms with Crippen molar-refractivity contribution in [2.24, 2.45) is 10.4 Å². The lowest BCUT2D eigenvalue weighted by atomic mass is 9.85. The van der Waals surface area contributed by atoms with Crippen LogP contribution in [0.3, 0.4) is 0 Å². The summed E-state index contributed by atoms with van der Waals surface area (Å²) in [5, 5.41) is 6.89. The molecule has 1 saturated carbocycles. The van der Waals surface area contributed by atoms with E-state index in [-0.39, 0.29) is 24.0 Å². The molecule has 0 amide bonds. The van der Waals surface area contributed by atoms with E-state index >= 15 is 0 Å². The number of halogens is 1. The van der Waals surface area contributed by atoms with Crippen LogP contribution in [0.4, 0.5) is 0 Å². The molecule has 0 saturated heterocycles. The van der Waals surface area contributed by atoms with Crippen LogP contribution in [-0.4, -0.2) is 51.6 Å². The average Bonchev–Trinajstić information content (AvgIpc) is 3.14. The highest BCUT2D eigenvalue weighted by molar-refractivity contribution is 14.0. The van der Waals surface area contributed by atoms with E-state index in [1.54, 1.807) is 6.26 Å². The van der Waals surface area contributed by atoms with Crippen molar-refractivity contribution in [1.29, 1.82) is 0 Å². The summed E-state index contributed by atoms with van der Waals surface area (Å²) in [6.07, 6.45) is 7.90. The quantitative estimate of drug-likeness (QED) is 0.394. The normalized spacial score (nSPS) is 17.1. The Morgan fingerprint density at radius 3 is 2.61 bits per heavy atom. The number of nitrogens with zero attached hydrogens (tertiary/aromatic N) is 2. The van der Waals surface area contributed by atoms with Gasteiger partial charge in [0.25, 0.3) is 0 Å². The smallest absolute Gasteiger partial charge is 0.191 e. The van der Waals surface area contributed by atoms with Gasteiger partial charge in [0, 0.05) is 38.5 Å². The summed E-state index contributed by atoms with van der Waals surface area (Å²) in [4.78, 5) is 6.63. The second-order valence-corrected chi connectivity index (χ2v) is 6.63. The number of rotatable bonds is 7. The molecule has 1 fully saturated rings. The summed E-state index contributed by atoms with van der Waals surface area (Å²) in [6, 6.07) is 3.93. The van der Waals surface area contributed by atoms with Crippen LogP contribution in [0.5, 0.6) is 0 Å². The highest BCUT2D eigenvalue weighted by atomic mass is 127. The van der Waals surface area contributed by atoms with Crippen LogP contribution in [0.1, 0.15) is 31.4 Å². The lowest BCUT2D eigenvalue weighted by Crippen LogP contribution is -2.46. The molecule has 2 rings (SSSR count). The van der Waals surface area contributed by atoms with E-state index in [0.29, 0.717) is 5.41 Å². The number of hydrogen-bond acceptors (Lipinski definition) is 3. The molecule has 0 aliphatic heterocycles. The number of hydrogen-bond donors (Lipinski definition) is 2. The molecule has 0 atom stereocenters. The van der Waals surface area contributed by atoms with Crippen molar-refractivity contribution in [2.45, 2.75) is 32.1 Å². The predicted molar refractivity (Wildman–Crippen MR) is 107 cm³/mol. The summed E-state index contributed by atoms with van der Waals surface area (Å²) in [6.45, 7) is 2.96. The number of aliphatic imine (C=N–C) groups is 1. The second kappa shape index (κ2) is 10.2. The Labute approximate surface area is 157 Å². The molecule has 1 aliphatic rings. The van der Waals surface area contributed by atoms with E-state index in [9.17, 15) is 0 Å². The monoisotopic (exact) mass is 434 g/mol. The Bertz CT molecular complexity index is 453. The zero-order valence-electron chi connectivity index (χ0n) is 14.6. The molecule has 1 aromatic rings. The first kappa shape index (κ1) is 20.3. The predicted octanol–water partition coefficient (Wildman–Crippen LogP) is 2.73. The molecule has 0 unspecified atom stereocenters. The summed E-state index contributed by atoms with van der Waals surface area (Å²) in [5.41, 5.74) is 0.391. The van der Waals surface area contributed by atoms with Gasteiger partial charge in [0.1, 0.15) is 5.76 Å². The Hall–Kier alpha value is -0.760. The lowest BCUT2D eigenvalue weighted by molar-refractivity contribution is 0.202. The topological polar surface area (TPSA) is 52.8 Å². The van der Waals surface area contributed by atoms with Gasteiger partial charge >= 0.3 is 0 Å². The molecule has 1 aliphatic carbocycles. The van der Waals surface area contributed by atoms with Gasteiger partial charge in [-0.3, -0.25) is 4.99 Å². The van der Waals surface area contributed by atoms with Crippen LogP contribution < -0.4 is 10.6 Å². The van der Waals surface area contributed by atoms with Gasteiger partial charge in [-0.15, -0.1) is 24.0 Å². The molecule has 5 nitrogen and oxygen atoms in total. The third kappa shape index (κ3) is 6.71. The minimum Gasteiger partial charge on any atom is -0.469 e. The van der Waals surface area contributed by atoms with Crippen molar-refractivity contribution in [3.05, 3.63) is 24.2 Å². The zero-order valence-corrected chi connectivity index (χ0v) is 16.9. The third-order valence-corrected chi connectivity index (χ3v) is 4.41. The first-order valence-electron chi connectivity index (χ1n) is 8.25. The molecule has 2 N–H and O–H groups in total. The van der Waals surface area contributed by atoms with Crippen molar-refractivity contribution in [3.63, 3.8) is 0 Å². The van der Waals surface area contributed by atoms with Gasteiger partial charge in [0.2, 0.25) is 0 Å². The van der Waals surface area contributed by atoms with E-state index in [0.717, 1.165) is 37.8 Å². The van der Waals surface area contributed by atoms with E-state index < -0.39 is 0 Å². The fraction of sp³-hybridized carbons (Fsp3) is 0.706. The second-order valence-electron chi connectivity index (χ2n) is 6.63. The molecule has 0 bridgehead atoms. The number of furan rings is 1.